The molecule has 0 atom stereocenters. The van der Waals surface area contributed by atoms with Crippen molar-refractivity contribution >= 4 is 17.7 Å². The minimum atomic E-state index is -0.407. The van der Waals surface area contributed by atoms with E-state index in [-0.39, 0.29) is 12.6 Å². The summed E-state index contributed by atoms with van der Waals surface area (Å²) in [5, 5.41) is 2.56. The van der Waals surface area contributed by atoms with Gasteiger partial charge in [-0.3, -0.25) is 0 Å². The van der Waals surface area contributed by atoms with Crippen molar-refractivity contribution in [1.29, 1.82) is 0 Å². The lowest BCUT2D eigenvalue weighted by Gasteiger charge is -2.07. The van der Waals surface area contributed by atoms with Crippen molar-refractivity contribution in [3.05, 3.63) is 0 Å². The van der Waals surface area contributed by atoms with E-state index >= 15 is 0 Å². The predicted octanol–water partition coefficient (Wildman–Crippen LogP) is 1.36. The minimum absolute atomic E-state index is 0.114. The van der Waals surface area contributed by atoms with Crippen LogP contribution in [-0.2, 0) is 4.74 Å². The van der Waals surface area contributed by atoms with Gasteiger partial charge in [-0.05, 0) is 13.8 Å². The average molecular weight is 166 g/mol. The molecule has 1 N–H and O–H groups in total. The standard InChI is InChI=1S/C6H12ClNO2/c1-5(2)8-6(9)10-4-3-7/h5H,3-4H2,1-2H3,(H,8,9). The Bertz CT molecular complexity index is 106. The van der Waals surface area contributed by atoms with Gasteiger partial charge >= 0.3 is 6.09 Å². The number of hydrogen-bond acceptors (Lipinski definition) is 2. The number of halogens is 1. The fraction of sp³-hybridized carbons (Fsp3) is 0.833. The van der Waals surface area contributed by atoms with Crippen molar-refractivity contribution in [2.45, 2.75) is 19.9 Å². The Hall–Kier alpha value is -0.440. The smallest absolute Gasteiger partial charge is 0.407 e. The Morgan fingerprint density at radius 1 is 1.70 bits per heavy atom. The molecule has 1 amide bonds. The van der Waals surface area contributed by atoms with Crippen LogP contribution in [0.3, 0.4) is 0 Å². The first-order valence-electron chi connectivity index (χ1n) is 3.16. The van der Waals surface area contributed by atoms with Crippen LogP contribution in [0.25, 0.3) is 0 Å². The van der Waals surface area contributed by atoms with E-state index < -0.39 is 6.09 Å². The Labute approximate surface area is 65.7 Å². The first kappa shape index (κ1) is 9.56. The molecule has 0 saturated carbocycles. The molecular weight excluding hydrogens is 154 g/mol. The molecule has 60 valence electrons. The maximum atomic E-state index is 10.6. The topological polar surface area (TPSA) is 38.3 Å². The highest BCUT2D eigenvalue weighted by Crippen LogP contribution is 1.83. The summed E-state index contributed by atoms with van der Waals surface area (Å²) in [6, 6.07) is 0.114. The van der Waals surface area contributed by atoms with E-state index in [0.29, 0.717) is 5.88 Å². The Kier molecular flexibility index (Phi) is 5.12. The van der Waals surface area contributed by atoms with Crippen molar-refractivity contribution in [2.24, 2.45) is 0 Å². The minimum Gasteiger partial charge on any atom is -0.448 e. The predicted molar refractivity (Wildman–Crippen MR) is 40.3 cm³/mol. The van der Waals surface area contributed by atoms with Crippen LogP contribution in [0.4, 0.5) is 4.79 Å². The van der Waals surface area contributed by atoms with Crippen LogP contribution in [0.1, 0.15) is 13.8 Å². The van der Waals surface area contributed by atoms with E-state index in [4.69, 9.17) is 11.6 Å². The second-order valence-electron chi connectivity index (χ2n) is 2.12. The molecule has 0 aromatic heterocycles. The molecule has 4 heteroatoms. The molecule has 0 aliphatic carbocycles. The second kappa shape index (κ2) is 5.35. The third kappa shape index (κ3) is 5.69. The summed E-state index contributed by atoms with van der Waals surface area (Å²) < 4.78 is 4.62. The highest BCUT2D eigenvalue weighted by molar-refractivity contribution is 6.18. The van der Waals surface area contributed by atoms with Gasteiger partial charge in [0.25, 0.3) is 0 Å². The first-order valence-corrected chi connectivity index (χ1v) is 3.69. The first-order chi connectivity index (χ1) is 4.66. The van der Waals surface area contributed by atoms with Crippen molar-refractivity contribution in [3.8, 4) is 0 Å². The van der Waals surface area contributed by atoms with Crippen molar-refractivity contribution in [3.63, 3.8) is 0 Å². The van der Waals surface area contributed by atoms with Gasteiger partial charge in [0.05, 0.1) is 5.88 Å². The normalized spacial score (nSPS) is 9.60. The number of alkyl carbamates (subject to hydrolysis) is 1. The lowest BCUT2D eigenvalue weighted by molar-refractivity contribution is 0.150. The lowest BCUT2D eigenvalue weighted by Crippen LogP contribution is -2.31. The number of ether oxygens (including phenoxy) is 1. The molecule has 0 unspecified atom stereocenters. The van der Waals surface area contributed by atoms with Gasteiger partial charge in [0.15, 0.2) is 0 Å². The molecule has 0 spiro atoms. The van der Waals surface area contributed by atoms with E-state index in [2.05, 4.69) is 10.1 Å². The number of carbonyl (C=O) groups is 1. The van der Waals surface area contributed by atoms with E-state index in [0.717, 1.165) is 0 Å². The van der Waals surface area contributed by atoms with Gasteiger partial charge in [-0.2, -0.15) is 0 Å². The molecule has 3 nitrogen and oxygen atoms in total. The van der Waals surface area contributed by atoms with Crippen LogP contribution in [0.5, 0.6) is 0 Å². The summed E-state index contributed by atoms with van der Waals surface area (Å²) in [6.07, 6.45) is -0.407. The van der Waals surface area contributed by atoms with Gasteiger partial charge in [0, 0.05) is 6.04 Å². The van der Waals surface area contributed by atoms with E-state index in [1.807, 2.05) is 13.8 Å². The molecule has 0 radical (unpaired) electrons. The number of nitrogens with one attached hydrogen (secondary N) is 1. The zero-order valence-corrected chi connectivity index (χ0v) is 6.94. The maximum absolute atomic E-state index is 10.6. The molecular formula is C6H12ClNO2. The fourth-order valence-electron chi connectivity index (χ4n) is 0.409. The van der Waals surface area contributed by atoms with Crippen LogP contribution in [-0.4, -0.2) is 24.6 Å². The lowest BCUT2D eigenvalue weighted by atomic mass is 10.4. The summed E-state index contributed by atoms with van der Waals surface area (Å²) in [6.45, 7) is 3.99. The highest BCUT2D eigenvalue weighted by Gasteiger charge is 2.01. The molecule has 0 fully saturated rings. The van der Waals surface area contributed by atoms with Crippen LogP contribution < -0.4 is 5.32 Å². The molecule has 0 bridgehead atoms. The van der Waals surface area contributed by atoms with Crippen molar-refractivity contribution < 1.29 is 9.53 Å². The number of carbonyl (C=O) groups excluding carboxylic acids is 1. The van der Waals surface area contributed by atoms with Gasteiger partial charge in [-0.15, -0.1) is 11.6 Å². The summed E-state index contributed by atoms with van der Waals surface area (Å²) in [7, 11) is 0. The van der Waals surface area contributed by atoms with Crippen LogP contribution in [0.15, 0.2) is 0 Å². The number of amides is 1. The number of hydrogen-bond donors (Lipinski definition) is 1. The fourth-order valence-corrected chi connectivity index (χ4v) is 0.486. The SMILES string of the molecule is CC(C)NC(=O)OCCCl. The Morgan fingerprint density at radius 2 is 2.30 bits per heavy atom. The quantitative estimate of drug-likeness (QED) is 0.642. The van der Waals surface area contributed by atoms with Gasteiger partial charge in [-0.1, -0.05) is 0 Å². The van der Waals surface area contributed by atoms with E-state index in [9.17, 15) is 4.79 Å². The molecule has 0 aromatic rings. The highest BCUT2D eigenvalue weighted by atomic mass is 35.5. The van der Waals surface area contributed by atoms with Crippen LogP contribution >= 0.6 is 11.6 Å². The summed E-state index contributed by atoms with van der Waals surface area (Å²) in [5.74, 6) is 0.339. The van der Waals surface area contributed by atoms with E-state index in [1.54, 1.807) is 0 Å². The van der Waals surface area contributed by atoms with Gasteiger partial charge in [-0.25, -0.2) is 4.79 Å². The molecule has 0 aromatic carbocycles. The number of alkyl halides is 1. The maximum Gasteiger partial charge on any atom is 0.407 e. The molecule has 0 aliphatic rings. The Balaban J connectivity index is 3.26. The Morgan fingerprint density at radius 3 is 2.70 bits per heavy atom. The van der Waals surface area contributed by atoms with Gasteiger partial charge < -0.3 is 10.1 Å². The molecule has 0 heterocycles. The van der Waals surface area contributed by atoms with E-state index in [1.165, 1.54) is 0 Å². The zero-order chi connectivity index (χ0) is 7.98. The van der Waals surface area contributed by atoms with Crippen LogP contribution in [0.2, 0.25) is 0 Å². The van der Waals surface area contributed by atoms with Crippen molar-refractivity contribution in [1.82, 2.24) is 5.32 Å². The zero-order valence-electron chi connectivity index (χ0n) is 6.19. The largest absolute Gasteiger partial charge is 0.448 e. The summed E-state index contributed by atoms with van der Waals surface area (Å²) in [4.78, 5) is 10.6. The molecule has 0 rings (SSSR count). The van der Waals surface area contributed by atoms with Crippen molar-refractivity contribution in [2.75, 3.05) is 12.5 Å². The molecule has 10 heavy (non-hydrogen) atoms. The summed E-state index contributed by atoms with van der Waals surface area (Å²) in [5.41, 5.74) is 0. The summed E-state index contributed by atoms with van der Waals surface area (Å²) >= 11 is 5.28. The third-order valence-electron chi connectivity index (χ3n) is 0.717. The molecule has 0 aliphatic heterocycles. The van der Waals surface area contributed by atoms with Crippen LogP contribution in [0, 0.1) is 0 Å². The number of rotatable bonds is 3. The monoisotopic (exact) mass is 165 g/mol. The van der Waals surface area contributed by atoms with Gasteiger partial charge in [0.2, 0.25) is 0 Å². The second-order valence-corrected chi connectivity index (χ2v) is 2.50. The average Bonchev–Trinajstić information content (AvgIpc) is 1.82. The van der Waals surface area contributed by atoms with Gasteiger partial charge in [0.1, 0.15) is 6.61 Å². The molecule has 0 saturated heterocycles. The third-order valence-corrected chi connectivity index (χ3v) is 0.871.